The van der Waals surface area contributed by atoms with Crippen LogP contribution in [0.1, 0.15) is 24.0 Å². The van der Waals surface area contributed by atoms with E-state index in [1.807, 2.05) is 0 Å². The summed E-state index contributed by atoms with van der Waals surface area (Å²) in [6, 6.07) is 6.36. The lowest BCUT2D eigenvalue weighted by atomic mass is 10.1. The molecule has 2 heteroatoms. The molecule has 0 saturated carbocycles. The van der Waals surface area contributed by atoms with Gasteiger partial charge in [0.25, 0.3) is 0 Å². The molecule has 1 aliphatic rings. The topological polar surface area (TPSA) is 35.2 Å². The first-order valence-electron chi connectivity index (χ1n) is 5.26. The molecule has 0 aliphatic carbocycles. The molecule has 2 nitrogen and oxygen atoms in total. The zero-order valence-electron chi connectivity index (χ0n) is 8.62. The highest BCUT2D eigenvalue weighted by atomic mass is 16.5. The molecule has 2 N–H and O–H groups in total. The van der Waals surface area contributed by atoms with Crippen LogP contribution >= 0.6 is 0 Å². The average Bonchev–Trinajstić information content (AvgIpc) is 2.59. The highest BCUT2D eigenvalue weighted by Gasteiger charge is 2.23. The molecule has 1 atom stereocenters. The molecule has 0 amide bonds. The van der Waals surface area contributed by atoms with E-state index in [9.17, 15) is 0 Å². The van der Waals surface area contributed by atoms with Crippen molar-refractivity contribution in [3.8, 4) is 5.75 Å². The number of hydrogen-bond donors (Lipinski definition) is 1. The summed E-state index contributed by atoms with van der Waals surface area (Å²) in [6.07, 6.45) is 3.54. The number of nitrogens with two attached hydrogens (primary N) is 1. The molecule has 0 radical (unpaired) electrons. The van der Waals surface area contributed by atoms with Crippen molar-refractivity contribution in [2.75, 3.05) is 6.54 Å². The lowest BCUT2D eigenvalue weighted by Crippen LogP contribution is -2.14. The fraction of sp³-hybridized carbons (Fsp3) is 0.500. The third-order valence-electron chi connectivity index (χ3n) is 2.76. The largest absolute Gasteiger partial charge is 0.490 e. The van der Waals surface area contributed by atoms with E-state index in [1.54, 1.807) is 0 Å². The van der Waals surface area contributed by atoms with E-state index in [1.165, 1.54) is 11.1 Å². The summed E-state index contributed by atoms with van der Waals surface area (Å²) in [4.78, 5) is 0. The van der Waals surface area contributed by atoms with Crippen molar-refractivity contribution < 1.29 is 4.74 Å². The summed E-state index contributed by atoms with van der Waals surface area (Å²) in [5.74, 6) is 1.11. The normalized spacial score (nSPS) is 19.1. The zero-order chi connectivity index (χ0) is 9.97. The van der Waals surface area contributed by atoms with Gasteiger partial charge in [-0.2, -0.15) is 0 Å². The van der Waals surface area contributed by atoms with Crippen LogP contribution in [-0.2, 0) is 6.42 Å². The molecule has 1 aromatic carbocycles. The third-order valence-corrected chi connectivity index (χ3v) is 2.76. The first kappa shape index (κ1) is 9.53. The van der Waals surface area contributed by atoms with E-state index in [0.29, 0.717) is 6.10 Å². The van der Waals surface area contributed by atoms with Crippen LogP contribution in [0.15, 0.2) is 18.2 Å². The van der Waals surface area contributed by atoms with Crippen molar-refractivity contribution in [2.24, 2.45) is 5.73 Å². The van der Waals surface area contributed by atoms with Gasteiger partial charge < -0.3 is 10.5 Å². The van der Waals surface area contributed by atoms with Crippen molar-refractivity contribution in [1.29, 1.82) is 0 Å². The first-order valence-corrected chi connectivity index (χ1v) is 5.26. The molecule has 0 fully saturated rings. The standard InChI is InChI=1S/C12H17NO/c1-9-4-2-5-10-8-11(6-3-7-13)14-12(9)10/h2,4-5,11H,3,6-8,13H2,1H3. The number of aryl methyl sites for hydroxylation is 1. The van der Waals surface area contributed by atoms with Crippen LogP contribution in [0, 0.1) is 6.92 Å². The molecule has 0 bridgehead atoms. The molecule has 14 heavy (non-hydrogen) atoms. The Morgan fingerprint density at radius 3 is 3.07 bits per heavy atom. The van der Waals surface area contributed by atoms with Crippen molar-refractivity contribution in [3.63, 3.8) is 0 Å². The molecular formula is C12H17NO. The second kappa shape index (κ2) is 4.01. The molecular weight excluding hydrogens is 174 g/mol. The van der Waals surface area contributed by atoms with Crippen LogP contribution in [0.3, 0.4) is 0 Å². The van der Waals surface area contributed by atoms with Crippen LogP contribution in [-0.4, -0.2) is 12.6 Å². The van der Waals surface area contributed by atoms with Gasteiger partial charge in [0, 0.05) is 6.42 Å². The van der Waals surface area contributed by atoms with Gasteiger partial charge in [0.05, 0.1) is 0 Å². The fourth-order valence-electron chi connectivity index (χ4n) is 2.00. The van der Waals surface area contributed by atoms with Gasteiger partial charge in [-0.3, -0.25) is 0 Å². The molecule has 0 aromatic heterocycles. The van der Waals surface area contributed by atoms with Crippen LogP contribution in [0.25, 0.3) is 0 Å². The molecule has 76 valence electrons. The van der Waals surface area contributed by atoms with E-state index in [2.05, 4.69) is 25.1 Å². The van der Waals surface area contributed by atoms with Crippen LogP contribution in [0.5, 0.6) is 5.75 Å². The summed E-state index contributed by atoms with van der Waals surface area (Å²) in [5, 5.41) is 0. The number of para-hydroxylation sites is 1. The van der Waals surface area contributed by atoms with Crippen molar-refractivity contribution in [1.82, 2.24) is 0 Å². The van der Waals surface area contributed by atoms with Gasteiger partial charge in [0.15, 0.2) is 0 Å². The monoisotopic (exact) mass is 191 g/mol. The van der Waals surface area contributed by atoms with Gasteiger partial charge in [-0.05, 0) is 37.4 Å². The number of ether oxygens (including phenoxy) is 1. The molecule has 0 saturated heterocycles. The molecule has 2 rings (SSSR count). The number of fused-ring (bicyclic) bond motifs is 1. The molecule has 1 heterocycles. The summed E-state index contributed by atoms with van der Waals surface area (Å²) in [6.45, 7) is 2.86. The Labute approximate surface area is 85.1 Å². The Morgan fingerprint density at radius 2 is 2.36 bits per heavy atom. The third kappa shape index (κ3) is 1.75. The van der Waals surface area contributed by atoms with E-state index in [-0.39, 0.29) is 0 Å². The maximum atomic E-state index is 5.88. The number of rotatable bonds is 3. The summed E-state index contributed by atoms with van der Waals surface area (Å²) < 4.78 is 5.88. The lowest BCUT2D eigenvalue weighted by molar-refractivity contribution is 0.218. The summed E-state index contributed by atoms with van der Waals surface area (Å²) in [5.41, 5.74) is 8.09. The van der Waals surface area contributed by atoms with Gasteiger partial charge in [0.2, 0.25) is 0 Å². The maximum Gasteiger partial charge on any atom is 0.125 e. The molecule has 0 spiro atoms. The second-order valence-corrected chi connectivity index (χ2v) is 3.94. The smallest absolute Gasteiger partial charge is 0.125 e. The van der Waals surface area contributed by atoms with Gasteiger partial charge in [-0.15, -0.1) is 0 Å². The SMILES string of the molecule is Cc1cccc2c1OC(CCCN)C2. The predicted molar refractivity (Wildman–Crippen MR) is 57.6 cm³/mol. The van der Waals surface area contributed by atoms with E-state index < -0.39 is 0 Å². The Hall–Kier alpha value is -1.02. The molecule has 1 unspecified atom stereocenters. The van der Waals surface area contributed by atoms with E-state index in [4.69, 9.17) is 10.5 Å². The van der Waals surface area contributed by atoms with Crippen LogP contribution < -0.4 is 10.5 Å². The van der Waals surface area contributed by atoms with Crippen molar-refractivity contribution >= 4 is 0 Å². The lowest BCUT2D eigenvalue weighted by Gasteiger charge is -2.10. The predicted octanol–water partition coefficient (Wildman–Crippen LogP) is 2.04. The van der Waals surface area contributed by atoms with E-state index in [0.717, 1.165) is 31.6 Å². The maximum absolute atomic E-state index is 5.88. The molecule has 1 aromatic rings. The Balaban J connectivity index is 2.06. The van der Waals surface area contributed by atoms with Crippen LogP contribution in [0.2, 0.25) is 0 Å². The highest BCUT2D eigenvalue weighted by Crippen LogP contribution is 2.33. The number of hydrogen-bond acceptors (Lipinski definition) is 2. The minimum atomic E-state index is 0.356. The Kier molecular flexibility index (Phi) is 2.73. The fourth-order valence-corrected chi connectivity index (χ4v) is 2.00. The Morgan fingerprint density at radius 1 is 1.50 bits per heavy atom. The minimum absolute atomic E-state index is 0.356. The van der Waals surface area contributed by atoms with Crippen LogP contribution in [0.4, 0.5) is 0 Å². The quantitative estimate of drug-likeness (QED) is 0.793. The highest BCUT2D eigenvalue weighted by molar-refractivity contribution is 5.43. The second-order valence-electron chi connectivity index (χ2n) is 3.94. The summed E-state index contributed by atoms with van der Waals surface area (Å²) >= 11 is 0. The molecule has 1 aliphatic heterocycles. The van der Waals surface area contributed by atoms with Gasteiger partial charge in [0.1, 0.15) is 11.9 Å². The van der Waals surface area contributed by atoms with E-state index >= 15 is 0 Å². The van der Waals surface area contributed by atoms with Gasteiger partial charge in [-0.1, -0.05) is 18.2 Å². The number of benzene rings is 1. The van der Waals surface area contributed by atoms with Crippen molar-refractivity contribution in [2.45, 2.75) is 32.3 Å². The minimum Gasteiger partial charge on any atom is -0.490 e. The van der Waals surface area contributed by atoms with Gasteiger partial charge >= 0.3 is 0 Å². The van der Waals surface area contributed by atoms with Gasteiger partial charge in [-0.25, -0.2) is 0 Å². The average molecular weight is 191 g/mol. The Bertz CT molecular complexity index is 322. The summed E-state index contributed by atoms with van der Waals surface area (Å²) in [7, 11) is 0. The first-order chi connectivity index (χ1) is 6.81. The zero-order valence-corrected chi connectivity index (χ0v) is 8.62. The van der Waals surface area contributed by atoms with Crippen molar-refractivity contribution in [3.05, 3.63) is 29.3 Å².